The Morgan fingerprint density at radius 1 is 0.814 bits per heavy atom. The second-order valence-corrected chi connectivity index (χ2v) is 24.1. The minimum Gasteiger partial charge on any atom is -0.344 e. The van der Waals surface area contributed by atoms with Gasteiger partial charge in [0.2, 0.25) is 17.7 Å². The van der Waals surface area contributed by atoms with Crippen LogP contribution in [0.3, 0.4) is 0 Å². The summed E-state index contributed by atoms with van der Waals surface area (Å²) >= 11 is 0. The van der Waals surface area contributed by atoms with Crippen LogP contribution in [0.4, 0.5) is 0 Å². The fourth-order valence-electron chi connectivity index (χ4n) is 13.0. The van der Waals surface area contributed by atoms with Gasteiger partial charge in [-0.1, -0.05) is 80.7 Å². The zero-order valence-electron chi connectivity index (χ0n) is 37.3. The maximum absolute atomic E-state index is 15.3. The van der Waals surface area contributed by atoms with E-state index in [4.69, 9.17) is 0 Å². The number of nitrogens with one attached hydrogen (secondary N) is 2. The predicted octanol–water partition coefficient (Wildman–Crippen LogP) is 5.95. The molecule has 0 radical (unpaired) electrons. The van der Waals surface area contributed by atoms with Gasteiger partial charge in [0.15, 0.2) is 11.6 Å². The average molecular weight is 840 g/mol. The third kappa shape index (κ3) is 7.46. The maximum atomic E-state index is 15.3. The topological polar surface area (TPSA) is 153 Å². The first-order valence-electron chi connectivity index (χ1n) is 22.8. The highest BCUT2D eigenvalue weighted by molar-refractivity contribution is 7.87. The largest absolute Gasteiger partial charge is 0.344 e. The molecule has 7 fully saturated rings. The minimum absolute atomic E-state index is 0.0247. The lowest BCUT2D eigenvalue weighted by molar-refractivity contribution is -0.147. The third-order valence-electron chi connectivity index (χ3n) is 17.1. The van der Waals surface area contributed by atoms with E-state index in [0.29, 0.717) is 38.5 Å². The highest BCUT2D eigenvalue weighted by atomic mass is 32.2. The first-order chi connectivity index (χ1) is 27.5. The molecule has 12 nitrogen and oxygen atoms in total. The molecule has 3 heterocycles. The van der Waals surface area contributed by atoms with E-state index in [2.05, 4.69) is 35.4 Å². The number of ketones is 2. The number of carbonyl (C=O) groups excluding carboxylic acids is 5. The molecule has 13 heteroatoms. The van der Waals surface area contributed by atoms with E-state index in [0.717, 1.165) is 64.3 Å². The van der Waals surface area contributed by atoms with E-state index in [-0.39, 0.29) is 64.4 Å². The molecule has 3 saturated heterocycles. The van der Waals surface area contributed by atoms with Gasteiger partial charge in [-0.25, -0.2) is 4.72 Å². The minimum atomic E-state index is -4.06. The highest BCUT2D eigenvalue weighted by Gasteiger charge is 2.85. The second kappa shape index (κ2) is 15.3. The molecule has 2 spiro atoms. The molecule has 0 aromatic rings. The van der Waals surface area contributed by atoms with E-state index in [9.17, 15) is 27.6 Å². The van der Waals surface area contributed by atoms with E-state index in [1.54, 1.807) is 11.0 Å². The monoisotopic (exact) mass is 840 g/mol. The van der Waals surface area contributed by atoms with Crippen molar-refractivity contribution in [1.29, 1.82) is 0 Å². The van der Waals surface area contributed by atoms with Crippen molar-refractivity contribution in [3.05, 3.63) is 12.7 Å². The summed E-state index contributed by atoms with van der Waals surface area (Å²) in [6, 6.07) is -1.47. The van der Waals surface area contributed by atoms with Crippen molar-refractivity contribution in [2.24, 2.45) is 44.3 Å². The van der Waals surface area contributed by atoms with Crippen molar-refractivity contribution >= 4 is 39.5 Å². The summed E-state index contributed by atoms with van der Waals surface area (Å²) in [4.78, 5) is 76.8. The average Bonchev–Trinajstić information content (AvgIpc) is 3.68. The standard InChI is InChI=1S/C46H73N5O7S/c1-10-30-26-44(30,40(56)48-59(57,58)49-22-13-14-23-49)28-36(53)34-27-46(43(8,9)45(46)20-16-21-45)29-51(34)39(55)32(41(2,3)4)25-35(52)37(42(5,6)7)47-38(54)33-19-15-24-50(33)31-17-11-12-18-31/h10,30-34,37H,1,11-29H2,2-9H3,(H,47,54)(H,48,56)/t30-,32-,33?,34+,37-,44-,46-/m1/s1. The maximum Gasteiger partial charge on any atom is 0.303 e. The van der Waals surface area contributed by atoms with Crippen molar-refractivity contribution in [3.63, 3.8) is 0 Å². The number of hydrogen-bond donors (Lipinski definition) is 2. The molecule has 330 valence electrons. The Labute approximate surface area is 354 Å². The van der Waals surface area contributed by atoms with Crippen LogP contribution in [0.1, 0.15) is 152 Å². The van der Waals surface area contributed by atoms with Crippen LogP contribution in [0.25, 0.3) is 0 Å². The first-order valence-corrected chi connectivity index (χ1v) is 24.3. The van der Waals surface area contributed by atoms with Crippen LogP contribution >= 0.6 is 0 Å². The number of hydrogen-bond acceptors (Lipinski definition) is 8. The fourth-order valence-corrected chi connectivity index (χ4v) is 14.3. The lowest BCUT2D eigenvalue weighted by atomic mass is 9.73. The van der Waals surface area contributed by atoms with E-state index in [1.807, 2.05) is 41.5 Å². The number of likely N-dealkylation sites (tertiary alicyclic amines) is 2. The molecule has 7 rings (SSSR count). The third-order valence-corrected chi connectivity index (χ3v) is 18.6. The van der Waals surface area contributed by atoms with Crippen molar-refractivity contribution in [2.45, 2.75) is 176 Å². The van der Waals surface area contributed by atoms with Crippen LogP contribution < -0.4 is 10.0 Å². The number of rotatable bonds is 14. The molecule has 3 amide bonds. The van der Waals surface area contributed by atoms with Crippen LogP contribution in [-0.2, 0) is 34.2 Å². The zero-order chi connectivity index (χ0) is 43.1. The molecule has 2 N–H and O–H groups in total. The molecule has 59 heavy (non-hydrogen) atoms. The lowest BCUT2D eigenvalue weighted by Gasteiger charge is -2.38. The van der Waals surface area contributed by atoms with E-state index >= 15 is 4.79 Å². The van der Waals surface area contributed by atoms with Gasteiger partial charge < -0.3 is 10.2 Å². The van der Waals surface area contributed by atoms with E-state index < -0.39 is 50.4 Å². The summed E-state index contributed by atoms with van der Waals surface area (Å²) < 4.78 is 30.0. The number of fused-ring (bicyclic) bond motifs is 1. The van der Waals surface area contributed by atoms with Gasteiger partial charge in [0.25, 0.3) is 0 Å². The van der Waals surface area contributed by atoms with Gasteiger partial charge in [0, 0.05) is 49.9 Å². The number of carbonyl (C=O) groups is 5. The first kappa shape index (κ1) is 44.4. The molecular formula is C46H73N5O7S. The van der Waals surface area contributed by atoms with Gasteiger partial charge in [0.05, 0.1) is 23.5 Å². The number of amides is 3. The molecule has 3 aliphatic heterocycles. The van der Waals surface area contributed by atoms with Crippen molar-refractivity contribution in [2.75, 3.05) is 26.2 Å². The van der Waals surface area contributed by atoms with Crippen molar-refractivity contribution < 1.29 is 32.4 Å². The summed E-state index contributed by atoms with van der Waals surface area (Å²) in [5.41, 5.74) is -2.87. The molecule has 4 aliphatic carbocycles. The van der Waals surface area contributed by atoms with E-state index in [1.165, 1.54) is 17.1 Å². The Bertz CT molecular complexity index is 1830. The van der Waals surface area contributed by atoms with Gasteiger partial charge in [-0.2, -0.15) is 12.7 Å². The Morgan fingerprint density at radius 3 is 1.98 bits per heavy atom. The highest BCUT2D eigenvalue weighted by Crippen LogP contribution is 2.88. The van der Waals surface area contributed by atoms with Crippen LogP contribution in [0.5, 0.6) is 0 Å². The molecule has 7 atom stereocenters. The summed E-state index contributed by atoms with van der Waals surface area (Å²) in [7, 11) is -4.06. The summed E-state index contributed by atoms with van der Waals surface area (Å²) in [6.45, 7) is 22.2. The smallest absolute Gasteiger partial charge is 0.303 e. The summed E-state index contributed by atoms with van der Waals surface area (Å²) in [5.74, 6) is -2.61. The Balaban J connectivity index is 1.13. The summed E-state index contributed by atoms with van der Waals surface area (Å²) in [5, 5.41) is 3.19. The normalized spacial score (nSPS) is 32.8. The second-order valence-electron chi connectivity index (χ2n) is 22.4. The van der Waals surface area contributed by atoms with Crippen molar-refractivity contribution in [3.8, 4) is 0 Å². The Morgan fingerprint density at radius 2 is 1.46 bits per heavy atom. The van der Waals surface area contributed by atoms with Crippen LogP contribution in [0.15, 0.2) is 12.7 Å². The fraction of sp³-hybridized carbons (Fsp3) is 0.848. The SMILES string of the molecule is C=C[C@@H]1C[C@]1(CC(=O)[C@@H]1C[C@@]2(CN1C(=O)[C@@H](CC(=O)[C@@H](NC(=O)C1CCCN1C1CCCC1)C(C)(C)C)C(C)(C)C)C(C)(C)C21CCC1)C(=O)NS(=O)(=O)N1CCCC1. The zero-order valence-corrected chi connectivity index (χ0v) is 38.1. The van der Waals surface area contributed by atoms with Gasteiger partial charge >= 0.3 is 10.2 Å². The van der Waals surface area contributed by atoms with Gasteiger partial charge in [-0.15, -0.1) is 6.58 Å². The van der Waals surface area contributed by atoms with Crippen molar-refractivity contribution in [1.82, 2.24) is 24.1 Å². The molecule has 0 aromatic heterocycles. The number of Topliss-reactive ketones (excluding diaryl/α,β-unsaturated/α-hetero) is 2. The van der Waals surface area contributed by atoms with Gasteiger partial charge in [-0.05, 0) is 98.3 Å². The molecule has 7 aliphatic rings. The number of allylic oxidation sites excluding steroid dienone is 1. The Hall–Kier alpha value is -2.64. The van der Waals surface area contributed by atoms with Crippen LogP contribution in [-0.4, -0.2) is 102 Å². The summed E-state index contributed by atoms with van der Waals surface area (Å²) in [6.07, 6.45) is 13.1. The molecular weight excluding hydrogens is 767 g/mol. The number of nitrogens with zero attached hydrogens (tertiary/aromatic N) is 3. The molecule has 0 aromatic carbocycles. The Kier molecular flexibility index (Phi) is 11.5. The quantitative estimate of drug-likeness (QED) is 0.204. The lowest BCUT2D eigenvalue weighted by Crippen LogP contribution is -2.56. The molecule has 1 unspecified atom stereocenters. The predicted molar refractivity (Wildman–Crippen MR) is 227 cm³/mol. The molecule has 4 saturated carbocycles. The molecule has 0 bridgehead atoms. The van der Waals surface area contributed by atoms with Crippen LogP contribution in [0.2, 0.25) is 0 Å². The van der Waals surface area contributed by atoms with Gasteiger partial charge in [-0.3, -0.25) is 28.9 Å². The van der Waals surface area contributed by atoms with Gasteiger partial charge in [0.1, 0.15) is 0 Å². The van der Waals surface area contributed by atoms with Crippen LogP contribution in [0, 0.1) is 44.3 Å².